The van der Waals surface area contributed by atoms with E-state index in [1.165, 1.54) is 49.1 Å². The number of hydrogen-bond donors (Lipinski definition) is 3. The summed E-state index contributed by atoms with van der Waals surface area (Å²) in [4.78, 5) is 45.6. The lowest BCUT2D eigenvalue weighted by atomic mass is 9.95. The number of carbonyl (C=O) groups excluding carboxylic acids is 3. The van der Waals surface area contributed by atoms with Gasteiger partial charge in [0.1, 0.15) is 12.1 Å². The summed E-state index contributed by atoms with van der Waals surface area (Å²) in [5.41, 5.74) is 4.33. The Labute approximate surface area is 284 Å². The van der Waals surface area contributed by atoms with Crippen molar-refractivity contribution in [2.24, 2.45) is 11.7 Å². The Morgan fingerprint density at radius 1 is 1.02 bits per heavy atom. The minimum atomic E-state index is -4.70. The summed E-state index contributed by atoms with van der Waals surface area (Å²) >= 11 is 0. The van der Waals surface area contributed by atoms with Crippen LogP contribution in [0.4, 0.5) is 19.0 Å². The van der Waals surface area contributed by atoms with E-state index in [9.17, 15) is 27.6 Å². The Morgan fingerprint density at radius 3 is 2.26 bits per heavy atom. The van der Waals surface area contributed by atoms with Crippen LogP contribution in [0.25, 0.3) is 0 Å². The van der Waals surface area contributed by atoms with Crippen LogP contribution in [0, 0.1) is 5.92 Å². The highest BCUT2D eigenvalue weighted by molar-refractivity contribution is 5.98. The van der Waals surface area contributed by atoms with Crippen molar-refractivity contribution in [3.05, 3.63) is 83.8 Å². The molecule has 10 nitrogen and oxygen atoms in total. The number of nitrogens with zero attached hydrogens (tertiary/aromatic N) is 3. The molecule has 1 fully saturated rings. The van der Waals surface area contributed by atoms with Crippen LogP contribution >= 0.6 is 24.8 Å². The number of imidazole rings is 1. The Bertz CT molecular complexity index is 1480. The molecular weight excluding hydrogens is 660 g/mol. The van der Waals surface area contributed by atoms with Gasteiger partial charge >= 0.3 is 6.18 Å². The third kappa shape index (κ3) is 10.7. The molecule has 258 valence electrons. The second kappa shape index (κ2) is 17.0. The number of alkyl halides is 3. The number of carbonyl (C=O) groups is 3. The molecule has 2 aromatic carbocycles. The predicted octanol–water partition coefficient (Wildman–Crippen LogP) is 4.97. The fourth-order valence-corrected chi connectivity index (χ4v) is 4.97. The number of nitrogens with two attached hydrogens (primary N) is 1. The van der Waals surface area contributed by atoms with Crippen molar-refractivity contribution in [2.45, 2.75) is 64.0 Å². The van der Waals surface area contributed by atoms with E-state index in [4.69, 9.17) is 10.5 Å². The minimum Gasteiger partial charge on any atom is -0.374 e. The summed E-state index contributed by atoms with van der Waals surface area (Å²) in [6.45, 7) is 5.87. The fourth-order valence-electron chi connectivity index (χ4n) is 4.97. The van der Waals surface area contributed by atoms with Gasteiger partial charge in [0.25, 0.3) is 5.91 Å². The molecule has 0 bridgehead atoms. The molecule has 2 atom stereocenters. The Morgan fingerprint density at radius 2 is 1.64 bits per heavy atom. The van der Waals surface area contributed by atoms with Gasteiger partial charge in [-0.1, -0.05) is 55.5 Å². The van der Waals surface area contributed by atoms with Gasteiger partial charge in [-0.15, -0.1) is 24.8 Å². The fraction of sp³-hybridized carbons (Fsp3) is 0.438. The Hall–Kier alpha value is -3.65. The highest BCUT2D eigenvalue weighted by Crippen LogP contribution is 2.37. The molecule has 3 aromatic rings. The first-order chi connectivity index (χ1) is 21.2. The molecule has 1 aromatic heterocycles. The van der Waals surface area contributed by atoms with Crippen LogP contribution in [0.3, 0.4) is 0 Å². The second-order valence-electron chi connectivity index (χ2n) is 11.9. The molecule has 3 amide bonds. The van der Waals surface area contributed by atoms with E-state index in [1.54, 1.807) is 4.90 Å². The average molecular weight is 702 g/mol. The third-order valence-corrected chi connectivity index (χ3v) is 7.64. The van der Waals surface area contributed by atoms with Crippen LogP contribution in [0.5, 0.6) is 0 Å². The first-order valence-electron chi connectivity index (χ1n) is 14.7. The normalized spacial score (nSPS) is 15.1. The molecule has 0 aliphatic carbocycles. The van der Waals surface area contributed by atoms with Crippen LogP contribution in [0.1, 0.15) is 56.3 Å². The lowest BCUT2D eigenvalue weighted by Gasteiger charge is -2.34. The molecule has 4 N–H and O–H groups in total. The zero-order chi connectivity index (χ0) is 32.8. The SMILES string of the molecule is CC1CCN(C(=O)C(c2ccccc2C(F)(F)F)n2cnc(NC(=O)[C@@H](COCc3ccccc3)NC(=O)C(C)(C)N)c2)CC1.Cl.Cl. The maximum Gasteiger partial charge on any atom is 0.416 e. The number of anilines is 1. The van der Waals surface area contributed by atoms with E-state index in [1.807, 2.05) is 30.3 Å². The lowest BCUT2D eigenvalue weighted by molar-refractivity contribution is -0.140. The largest absolute Gasteiger partial charge is 0.416 e. The molecule has 1 aliphatic rings. The smallest absolute Gasteiger partial charge is 0.374 e. The Kier molecular flexibility index (Phi) is 14.3. The maximum atomic E-state index is 14.1. The van der Waals surface area contributed by atoms with Crippen molar-refractivity contribution in [3.8, 4) is 0 Å². The maximum absolute atomic E-state index is 14.1. The molecular formula is C32H41Cl2F3N6O4. The quantitative estimate of drug-likeness (QED) is 0.259. The molecule has 47 heavy (non-hydrogen) atoms. The van der Waals surface area contributed by atoms with Gasteiger partial charge in [-0.05, 0) is 49.8 Å². The van der Waals surface area contributed by atoms with Gasteiger partial charge in [0.05, 0.1) is 30.6 Å². The highest BCUT2D eigenvalue weighted by atomic mass is 35.5. The molecule has 1 aliphatic heterocycles. The number of benzene rings is 2. The minimum absolute atomic E-state index is 0. The molecule has 1 unspecified atom stereocenters. The van der Waals surface area contributed by atoms with Gasteiger partial charge in [-0.2, -0.15) is 13.2 Å². The van der Waals surface area contributed by atoms with Gasteiger partial charge in [0, 0.05) is 19.3 Å². The topological polar surface area (TPSA) is 132 Å². The molecule has 15 heteroatoms. The summed E-state index contributed by atoms with van der Waals surface area (Å²) in [6, 6.07) is 11.6. The van der Waals surface area contributed by atoms with Crippen LogP contribution in [0.15, 0.2) is 67.1 Å². The predicted molar refractivity (Wildman–Crippen MR) is 176 cm³/mol. The first-order valence-corrected chi connectivity index (χ1v) is 14.7. The van der Waals surface area contributed by atoms with Crippen molar-refractivity contribution in [1.82, 2.24) is 19.8 Å². The van der Waals surface area contributed by atoms with Crippen LogP contribution in [0.2, 0.25) is 0 Å². The van der Waals surface area contributed by atoms with Crippen LogP contribution in [-0.4, -0.2) is 63.4 Å². The molecule has 0 saturated carbocycles. The summed E-state index contributed by atoms with van der Waals surface area (Å²) in [5, 5.41) is 5.18. The van der Waals surface area contributed by atoms with Gasteiger partial charge in [0.15, 0.2) is 5.82 Å². The number of halogens is 5. The van der Waals surface area contributed by atoms with Crippen LogP contribution < -0.4 is 16.4 Å². The van der Waals surface area contributed by atoms with E-state index in [0.717, 1.165) is 24.5 Å². The van der Waals surface area contributed by atoms with E-state index in [0.29, 0.717) is 19.0 Å². The number of aromatic nitrogens is 2. The number of amides is 3. The van der Waals surface area contributed by atoms with E-state index >= 15 is 0 Å². The standard InChI is InChI=1S/C32H39F3N6O4.2ClH/c1-21-13-15-40(16-14-21)29(43)27(23-11-7-8-12-24(23)32(33,34)35)41-17-26(37-20-41)39-28(42)25(38-30(44)31(2,3)36)19-45-18-22-9-5-4-6-10-22;;/h4-12,17,20-21,25,27H,13-16,18-19,36H2,1-3H3,(H,38,44)(H,39,42);2*1H/t25-,27?;;/m1../s1. The Balaban J connectivity index is 0.00000384. The summed E-state index contributed by atoms with van der Waals surface area (Å²) in [7, 11) is 0. The first kappa shape index (κ1) is 39.5. The average Bonchev–Trinajstić information content (AvgIpc) is 3.44. The summed E-state index contributed by atoms with van der Waals surface area (Å²) in [5.74, 6) is -1.40. The summed E-state index contributed by atoms with van der Waals surface area (Å²) in [6.07, 6.45) is -0.713. The van der Waals surface area contributed by atoms with Gasteiger partial charge in [-0.25, -0.2) is 4.98 Å². The van der Waals surface area contributed by atoms with E-state index < -0.39 is 47.1 Å². The number of ether oxygens (including phenoxy) is 1. The van der Waals surface area contributed by atoms with Crippen molar-refractivity contribution in [3.63, 3.8) is 0 Å². The molecule has 2 heterocycles. The third-order valence-electron chi connectivity index (χ3n) is 7.64. The summed E-state index contributed by atoms with van der Waals surface area (Å²) < 4.78 is 49.2. The number of rotatable bonds is 11. The zero-order valence-corrected chi connectivity index (χ0v) is 28.0. The van der Waals surface area contributed by atoms with Crippen molar-refractivity contribution in [1.29, 1.82) is 0 Å². The number of nitrogens with one attached hydrogen (secondary N) is 2. The van der Waals surface area contributed by atoms with E-state index in [-0.39, 0.29) is 49.4 Å². The molecule has 1 saturated heterocycles. The zero-order valence-electron chi connectivity index (χ0n) is 26.3. The molecule has 0 radical (unpaired) electrons. The number of likely N-dealkylation sites (tertiary alicyclic amines) is 1. The second-order valence-corrected chi connectivity index (χ2v) is 11.9. The molecule has 0 spiro atoms. The van der Waals surface area contributed by atoms with Gasteiger partial charge in [0.2, 0.25) is 11.8 Å². The van der Waals surface area contributed by atoms with Crippen molar-refractivity contribution >= 4 is 48.4 Å². The van der Waals surface area contributed by atoms with Crippen molar-refractivity contribution < 1.29 is 32.3 Å². The monoisotopic (exact) mass is 700 g/mol. The number of piperidine rings is 1. The van der Waals surface area contributed by atoms with E-state index in [2.05, 4.69) is 22.5 Å². The van der Waals surface area contributed by atoms with Crippen molar-refractivity contribution in [2.75, 3.05) is 25.0 Å². The highest BCUT2D eigenvalue weighted by Gasteiger charge is 2.39. The molecule has 4 rings (SSSR count). The van der Waals surface area contributed by atoms with Gasteiger partial charge in [-0.3, -0.25) is 14.4 Å². The number of hydrogen-bond acceptors (Lipinski definition) is 6. The lowest BCUT2D eigenvalue weighted by Crippen LogP contribution is -2.56. The van der Waals surface area contributed by atoms with Gasteiger partial charge < -0.3 is 30.6 Å². The van der Waals surface area contributed by atoms with Crippen LogP contribution in [-0.2, 0) is 31.9 Å².